The molecule has 2 N–H and O–H groups in total. The predicted molar refractivity (Wildman–Crippen MR) is 141 cm³/mol. The standard InChI is InChI=1S/C26H31BrN2O6Si/c1-16-23(36(2,3)33)22(10-12-30)35-26(16)20-14-18(27)6-9-21(20)29(24(26)31)15-17-4-7-19(8-5-17)28-11-13-34-25(28)32/h4-9,14,16,22-23,30,33H,10-13,15H2,1-3H3/t16-,22+,23-,26+/m1/s1. The van der Waals surface area contributed by atoms with E-state index in [1.807, 2.05) is 62.5 Å². The molecule has 3 heterocycles. The van der Waals surface area contributed by atoms with Gasteiger partial charge in [-0.25, -0.2) is 4.79 Å². The lowest BCUT2D eigenvalue weighted by molar-refractivity contribution is -0.146. The van der Waals surface area contributed by atoms with Crippen LogP contribution in [0.2, 0.25) is 18.6 Å². The summed E-state index contributed by atoms with van der Waals surface area (Å²) in [6, 6.07) is 13.3. The van der Waals surface area contributed by atoms with Crippen LogP contribution >= 0.6 is 15.9 Å². The molecule has 192 valence electrons. The number of nitrogens with zero attached hydrogens (tertiary/aromatic N) is 2. The second-order valence-electron chi connectivity index (χ2n) is 10.4. The van der Waals surface area contributed by atoms with Gasteiger partial charge in [-0.3, -0.25) is 9.69 Å². The van der Waals surface area contributed by atoms with Crippen molar-refractivity contribution in [1.29, 1.82) is 0 Å². The Bertz CT molecular complexity index is 1190. The fourth-order valence-corrected chi connectivity index (χ4v) is 9.16. The normalized spacial score (nSPS) is 27.8. The van der Waals surface area contributed by atoms with Gasteiger partial charge >= 0.3 is 6.09 Å². The Balaban J connectivity index is 1.50. The summed E-state index contributed by atoms with van der Waals surface area (Å²) in [5.41, 5.74) is 1.80. The summed E-state index contributed by atoms with van der Waals surface area (Å²) in [7, 11) is -2.73. The van der Waals surface area contributed by atoms with Gasteiger partial charge < -0.3 is 24.3 Å². The van der Waals surface area contributed by atoms with Gasteiger partial charge in [-0.15, -0.1) is 0 Å². The predicted octanol–water partition coefficient (Wildman–Crippen LogP) is 4.13. The molecule has 2 fully saturated rings. The van der Waals surface area contributed by atoms with Crippen LogP contribution in [0.25, 0.3) is 0 Å². The highest BCUT2D eigenvalue weighted by molar-refractivity contribution is 9.10. The molecular formula is C26H31BrN2O6Si. The van der Waals surface area contributed by atoms with Crippen LogP contribution in [0.15, 0.2) is 46.9 Å². The minimum atomic E-state index is -2.73. The van der Waals surface area contributed by atoms with Crippen molar-refractivity contribution in [3.8, 4) is 0 Å². The number of carbonyl (C=O) groups excluding carboxylic acids is 2. The molecule has 36 heavy (non-hydrogen) atoms. The van der Waals surface area contributed by atoms with Crippen LogP contribution < -0.4 is 9.80 Å². The number of amides is 2. The first-order valence-corrected chi connectivity index (χ1v) is 16.1. The van der Waals surface area contributed by atoms with Gasteiger partial charge in [0.2, 0.25) is 0 Å². The molecule has 2 amide bonds. The summed E-state index contributed by atoms with van der Waals surface area (Å²) in [5, 5.41) is 9.72. The summed E-state index contributed by atoms with van der Waals surface area (Å²) >= 11 is 3.56. The SMILES string of the molecule is C[C@@H]1[C@@H]([Si](C)(C)O)[C@H](CCO)O[C@@]12C(=O)N(Cc1ccc(N3CCOC3=O)cc1)c1ccc(Br)cc12. The van der Waals surface area contributed by atoms with Gasteiger partial charge in [0, 0.05) is 33.8 Å². The molecule has 10 heteroatoms. The van der Waals surface area contributed by atoms with E-state index in [0.717, 1.165) is 27.0 Å². The van der Waals surface area contributed by atoms with Crippen LogP contribution in [0.4, 0.5) is 16.2 Å². The van der Waals surface area contributed by atoms with Crippen LogP contribution in [0, 0.1) is 5.92 Å². The summed E-state index contributed by atoms with van der Waals surface area (Å²) in [5.74, 6) is -0.422. The maximum atomic E-state index is 14.2. The Labute approximate surface area is 220 Å². The van der Waals surface area contributed by atoms with E-state index in [4.69, 9.17) is 9.47 Å². The Morgan fingerprint density at radius 2 is 1.89 bits per heavy atom. The maximum Gasteiger partial charge on any atom is 0.414 e. The Morgan fingerprint density at radius 1 is 1.17 bits per heavy atom. The summed E-state index contributed by atoms with van der Waals surface area (Å²) in [6.07, 6.45) is -0.398. The van der Waals surface area contributed by atoms with Gasteiger partial charge in [-0.1, -0.05) is 35.0 Å². The lowest BCUT2D eigenvalue weighted by atomic mass is 9.82. The van der Waals surface area contributed by atoms with Gasteiger partial charge in [0.25, 0.3) is 5.91 Å². The number of hydrogen-bond donors (Lipinski definition) is 2. The number of aliphatic hydroxyl groups is 1. The molecule has 0 saturated carbocycles. The van der Waals surface area contributed by atoms with Crippen LogP contribution in [0.1, 0.15) is 24.5 Å². The smallest absolute Gasteiger partial charge is 0.414 e. The van der Waals surface area contributed by atoms with Crippen LogP contribution in [0.3, 0.4) is 0 Å². The first-order valence-electron chi connectivity index (χ1n) is 12.2. The molecule has 0 unspecified atom stereocenters. The van der Waals surface area contributed by atoms with Crippen molar-refractivity contribution in [2.24, 2.45) is 5.92 Å². The molecule has 2 aromatic carbocycles. The number of hydrogen-bond acceptors (Lipinski definition) is 6. The summed E-state index contributed by atoms with van der Waals surface area (Å²) in [6.45, 7) is 6.89. The average Bonchev–Trinajstić information content (AvgIpc) is 3.44. The number of aliphatic hydroxyl groups excluding tert-OH is 1. The van der Waals surface area contributed by atoms with E-state index >= 15 is 0 Å². The van der Waals surface area contributed by atoms with Gasteiger partial charge in [-0.05, 0) is 55.4 Å². The van der Waals surface area contributed by atoms with Gasteiger partial charge in [0.05, 0.1) is 24.9 Å². The summed E-state index contributed by atoms with van der Waals surface area (Å²) in [4.78, 5) is 40.6. The van der Waals surface area contributed by atoms with Gasteiger partial charge in [0.1, 0.15) is 6.61 Å². The zero-order valence-electron chi connectivity index (χ0n) is 20.6. The van der Waals surface area contributed by atoms with E-state index in [9.17, 15) is 19.5 Å². The number of rotatable bonds is 6. The lowest BCUT2D eigenvalue weighted by Crippen LogP contribution is -2.46. The van der Waals surface area contributed by atoms with Crippen molar-refractivity contribution in [2.45, 2.75) is 50.2 Å². The van der Waals surface area contributed by atoms with E-state index in [0.29, 0.717) is 26.1 Å². The van der Waals surface area contributed by atoms with Crippen molar-refractivity contribution < 1.29 is 29.0 Å². The third-order valence-electron chi connectivity index (χ3n) is 7.71. The quantitative estimate of drug-likeness (QED) is 0.503. The molecule has 3 aliphatic rings. The number of carbonyl (C=O) groups is 2. The first kappa shape index (κ1) is 25.4. The fraction of sp³-hybridized carbons (Fsp3) is 0.462. The minimum absolute atomic E-state index is 0.0748. The molecule has 4 atom stereocenters. The van der Waals surface area contributed by atoms with Crippen LogP contribution in [0.5, 0.6) is 0 Å². The molecule has 0 aliphatic carbocycles. The second kappa shape index (κ2) is 9.25. The molecule has 0 aromatic heterocycles. The highest BCUT2D eigenvalue weighted by atomic mass is 79.9. The van der Waals surface area contributed by atoms with E-state index < -0.39 is 20.0 Å². The lowest BCUT2D eigenvalue weighted by Gasteiger charge is -2.32. The average molecular weight is 576 g/mol. The maximum absolute atomic E-state index is 14.2. The number of ether oxygens (including phenoxy) is 2. The van der Waals surface area contributed by atoms with Crippen LogP contribution in [-0.4, -0.2) is 56.1 Å². The molecule has 2 aromatic rings. The van der Waals surface area contributed by atoms with Crippen LogP contribution in [-0.2, 0) is 26.4 Å². The van der Waals surface area contributed by atoms with E-state index in [-0.39, 0.29) is 30.1 Å². The number of anilines is 2. The van der Waals surface area contributed by atoms with Crippen molar-refractivity contribution in [3.63, 3.8) is 0 Å². The van der Waals surface area contributed by atoms with Crippen molar-refractivity contribution in [2.75, 3.05) is 29.6 Å². The first-order chi connectivity index (χ1) is 17.1. The molecule has 5 rings (SSSR count). The third kappa shape index (κ3) is 3.99. The van der Waals surface area contributed by atoms with E-state index in [1.54, 1.807) is 9.80 Å². The van der Waals surface area contributed by atoms with E-state index in [2.05, 4.69) is 15.9 Å². The number of benzene rings is 2. The Kier molecular flexibility index (Phi) is 6.53. The second-order valence-corrected chi connectivity index (χ2v) is 15.2. The van der Waals surface area contributed by atoms with Gasteiger partial charge in [-0.2, -0.15) is 0 Å². The summed E-state index contributed by atoms with van der Waals surface area (Å²) < 4.78 is 12.5. The third-order valence-corrected chi connectivity index (χ3v) is 10.7. The van der Waals surface area contributed by atoms with Crippen molar-refractivity contribution in [1.82, 2.24) is 0 Å². The topological polar surface area (TPSA) is 99.5 Å². The zero-order chi connectivity index (χ0) is 25.8. The number of cyclic esters (lactones) is 1. The highest BCUT2D eigenvalue weighted by Crippen LogP contribution is 2.60. The Morgan fingerprint density at radius 3 is 2.50 bits per heavy atom. The van der Waals surface area contributed by atoms with E-state index in [1.165, 1.54) is 0 Å². The molecule has 0 bridgehead atoms. The monoisotopic (exact) mass is 574 g/mol. The molecule has 2 saturated heterocycles. The zero-order valence-corrected chi connectivity index (χ0v) is 23.2. The molecule has 0 radical (unpaired) electrons. The molecule has 3 aliphatic heterocycles. The van der Waals surface area contributed by atoms with Crippen molar-refractivity contribution >= 4 is 47.6 Å². The minimum Gasteiger partial charge on any atom is -0.447 e. The highest BCUT2D eigenvalue weighted by Gasteiger charge is 2.66. The van der Waals surface area contributed by atoms with Gasteiger partial charge in [0.15, 0.2) is 13.9 Å². The largest absolute Gasteiger partial charge is 0.447 e. The molecule has 8 nitrogen and oxygen atoms in total. The molecular weight excluding hydrogens is 544 g/mol. The number of fused-ring (bicyclic) bond motifs is 2. The van der Waals surface area contributed by atoms with Crippen molar-refractivity contribution in [3.05, 3.63) is 58.1 Å². The fourth-order valence-electron chi connectivity index (χ4n) is 6.20. The number of halogens is 1. The Hall–Kier alpha value is -2.24. The molecule has 1 spiro atoms.